The van der Waals surface area contributed by atoms with Gasteiger partial charge >= 0.3 is 0 Å². The molecular weight excluding hydrogens is 430 g/mol. The molecule has 2 atom stereocenters. The van der Waals surface area contributed by atoms with Crippen LogP contribution in [0.15, 0.2) is 23.7 Å². The van der Waals surface area contributed by atoms with E-state index in [1.54, 1.807) is 11.3 Å². The first-order chi connectivity index (χ1) is 15.8. The van der Waals surface area contributed by atoms with Crippen molar-refractivity contribution in [3.8, 4) is 0 Å². The fourth-order valence-corrected chi connectivity index (χ4v) is 6.36. The molecule has 1 saturated carbocycles. The average Bonchev–Trinajstić information content (AvgIpc) is 3.53. The Balaban J connectivity index is 1.39. The predicted octanol–water partition coefficient (Wildman–Crippen LogP) is 5.67. The number of allylic oxidation sites excluding steroid dienone is 1. The molecule has 1 unspecified atom stereocenters. The molecule has 0 radical (unpaired) electrons. The lowest BCUT2D eigenvalue weighted by atomic mass is 9.99. The van der Waals surface area contributed by atoms with Crippen LogP contribution < -0.4 is 5.32 Å². The number of likely N-dealkylation sites (tertiary alicyclic amines) is 1. The van der Waals surface area contributed by atoms with Crippen LogP contribution in [-0.2, 0) is 4.79 Å². The molecule has 1 aliphatic carbocycles. The summed E-state index contributed by atoms with van der Waals surface area (Å²) in [6, 6.07) is 2.68. The topological polar surface area (TPSA) is 63.1 Å². The van der Waals surface area contributed by atoms with Crippen molar-refractivity contribution in [1.29, 1.82) is 0 Å². The number of amides is 1. The van der Waals surface area contributed by atoms with Gasteiger partial charge in [0.1, 0.15) is 11.6 Å². The maximum absolute atomic E-state index is 12.9. The van der Waals surface area contributed by atoms with Crippen LogP contribution in [-0.4, -0.2) is 38.7 Å². The lowest BCUT2D eigenvalue weighted by Crippen LogP contribution is -2.37. The highest BCUT2D eigenvalue weighted by Gasteiger charge is 2.29. The first-order valence-corrected chi connectivity index (χ1v) is 13.4. The van der Waals surface area contributed by atoms with Gasteiger partial charge in [0.05, 0.1) is 6.04 Å². The molecule has 2 aliphatic rings. The molecule has 2 fully saturated rings. The molecule has 1 aliphatic heterocycles. The number of thiophene rings is 1. The molecule has 2 aromatic heterocycles. The molecule has 1 amide bonds. The van der Waals surface area contributed by atoms with Gasteiger partial charge in [-0.2, -0.15) is 0 Å². The second kappa shape index (κ2) is 10.4. The summed E-state index contributed by atoms with van der Waals surface area (Å²) in [5.41, 5.74) is 2.45. The number of carbonyl (C=O) groups is 1. The third kappa shape index (κ3) is 5.51. The number of carbonyl (C=O) groups excluding carboxylic acids is 1. The van der Waals surface area contributed by atoms with Crippen LogP contribution in [0.5, 0.6) is 0 Å². The minimum absolute atomic E-state index is 0.0787. The average molecular weight is 470 g/mol. The van der Waals surface area contributed by atoms with Gasteiger partial charge in [-0.05, 0) is 56.5 Å². The Hall–Kier alpha value is -2.15. The van der Waals surface area contributed by atoms with Crippen molar-refractivity contribution in [2.75, 3.05) is 13.1 Å². The summed E-state index contributed by atoms with van der Waals surface area (Å²) < 4.78 is 2.33. The first-order valence-electron chi connectivity index (χ1n) is 12.5. The lowest BCUT2D eigenvalue weighted by Gasteiger charge is -2.37. The maximum atomic E-state index is 12.9. The molecule has 7 heteroatoms. The number of rotatable bonds is 8. The zero-order chi connectivity index (χ0) is 23.5. The highest BCUT2D eigenvalue weighted by atomic mass is 32.1. The Morgan fingerprint density at radius 3 is 2.64 bits per heavy atom. The molecule has 3 heterocycles. The quantitative estimate of drug-likeness (QED) is 0.541. The smallest absolute Gasteiger partial charge is 0.223 e. The van der Waals surface area contributed by atoms with Crippen molar-refractivity contribution in [3.63, 3.8) is 0 Å². The van der Waals surface area contributed by atoms with Gasteiger partial charge in [0.2, 0.25) is 5.91 Å². The van der Waals surface area contributed by atoms with Crippen molar-refractivity contribution in [3.05, 3.63) is 45.8 Å². The van der Waals surface area contributed by atoms with E-state index in [1.165, 1.54) is 29.0 Å². The number of hydrogen-bond acceptors (Lipinski definition) is 5. The summed E-state index contributed by atoms with van der Waals surface area (Å²) in [6.07, 6.45) is 7.33. The van der Waals surface area contributed by atoms with Crippen LogP contribution in [0.1, 0.15) is 98.9 Å². The zero-order valence-corrected chi connectivity index (χ0v) is 21.5. The lowest BCUT2D eigenvalue weighted by molar-refractivity contribution is -0.125. The van der Waals surface area contributed by atoms with Gasteiger partial charge < -0.3 is 14.8 Å². The summed E-state index contributed by atoms with van der Waals surface area (Å²) >= 11 is 1.76. The number of hydrogen-bond donors (Lipinski definition) is 1. The van der Waals surface area contributed by atoms with Crippen molar-refractivity contribution in [1.82, 2.24) is 25.0 Å². The SMILES string of the molecule is C=C1CC(n2c(C)nnc2C(C)C)CCN1CC[C@H](NC(=O)C1CCCC1)c1cc(C)cs1. The molecule has 33 heavy (non-hydrogen) atoms. The first kappa shape index (κ1) is 24.0. The van der Waals surface area contributed by atoms with Gasteiger partial charge in [-0.15, -0.1) is 21.5 Å². The van der Waals surface area contributed by atoms with E-state index in [1.807, 2.05) is 0 Å². The van der Waals surface area contributed by atoms with Crippen LogP contribution in [0.4, 0.5) is 0 Å². The fraction of sp³-hybridized carbons (Fsp3) is 0.654. The molecular formula is C26H39N5OS. The molecule has 1 saturated heterocycles. The van der Waals surface area contributed by atoms with Gasteiger partial charge in [-0.3, -0.25) is 4.79 Å². The molecule has 2 aromatic rings. The third-order valence-electron chi connectivity index (χ3n) is 7.25. The van der Waals surface area contributed by atoms with E-state index < -0.39 is 0 Å². The maximum Gasteiger partial charge on any atom is 0.223 e. The molecule has 4 rings (SSSR count). The molecule has 0 aromatic carbocycles. The Morgan fingerprint density at radius 2 is 2.00 bits per heavy atom. The van der Waals surface area contributed by atoms with Gasteiger partial charge in [-0.1, -0.05) is 33.3 Å². The summed E-state index contributed by atoms with van der Waals surface area (Å²) in [5.74, 6) is 2.86. The number of nitrogens with one attached hydrogen (secondary N) is 1. The largest absolute Gasteiger partial charge is 0.375 e. The number of aromatic nitrogens is 3. The van der Waals surface area contributed by atoms with Crippen LogP contribution in [0.3, 0.4) is 0 Å². The molecule has 6 nitrogen and oxygen atoms in total. The molecule has 180 valence electrons. The minimum atomic E-state index is 0.0787. The summed E-state index contributed by atoms with van der Waals surface area (Å²) in [4.78, 5) is 16.6. The van der Waals surface area contributed by atoms with Gasteiger partial charge in [0.25, 0.3) is 0 Å². The summed E-state index contributed by atoms with van der Waals surface area (Å²) in [7, 11) is 0. The fourth-order valence-electron chi connectivity index (χ4n) is 5.37. The molecule has 0 bridgehead atoms. The standard InChI is InChI=1S/C26H39N5OS/c1-17(2)25-29-28-20(5)31(25)22-10-12-30(19(4)15-22)13-11-23(24-14-18(3)16-33-24)27-26(32)21-8-6-7-9-21/h14,16-17,21-23H,4,6-13,15H2,1-3,5H3,(H,27,32)/t22?,23-/m0/s1. The Kier molecular flexibility index (Phi) is 7.57. The summed E-state index contributed by atoms with van der Waals surface area (Å²) in [5, 5.41) is 14.3. The number of piperidine rings is 1. The monoisotopic (exact) mass is 469 g/mol. The van der Waals surface area contributed by atoms with Gasteiger partial charge in [-0.25, -0.2) is 0 Å². The van der Waals surface area contributed by atoms with E-state index in [9.17, 15) is 4.79 Å². The molecule has 1 N–H and O–H groups in total. The minimum Gasteiger partial charge on any atom is -0.375 e. The van der Waals surface area contributed by atoms with E-state index in [0.29, 0.717) is 12.0 Å². The third-order valence-corrected chi connectivity index (χ3v) is 8.41. The highest BCUT2D eigenvalue weighted by Crippen LogP contribution is 2.34. The normalized spacial score (nSPS) is 20.6. The number of aryl methyl sites for hydroxylation is 2. The summed E-state index contributed by atoms with van der Waals surface area (Å²) in [6.45, 7) is 14.8. The van der Waals surface area contributed by atoms with Gasteiger partial charge in [0, 0.05) is 48.0 Å². The van der Waals surface area contributed by atoms with Crippen molar-refractivity contribution >= 4 is 17.2 Å². The highest BCUT2D eigenvalue weighted by molar-refractivity contribution is 7.10. The van der Waals surface area contributed by atoms with E-state index in [0.717, 1.165) is 56.8 Å². The Morgan fingerprint density at radius 1 is 1.24 bits per heavy atom. The Labute approximate surface area is 202 Å². The molecule has 0 spiro atoms. The Bertz CT molecular complexity index is 971. The van der Waals surface area contributed by atoms with E-state index in [2.05, 4.69) is 70.7 Å². The second-order valence-corrected chi connectivity index (χ2v) is 11.1. The van der Waals surface area contributed by atoms with Crippen LogP contribution in [0, 0.1) is 19.8 Å². The van der Waals surface area contributed by atoms with Crippen LogP contribution in [0.25, 0.3) is 0 Å². The van der Waals surface area contributed by atoms with Gasteiger partial charge in [0.15, 0.2) is 0 Å². The van der Waals surface area contributed by atoms with Crippen LogP contribution in [0.2, 0.25) is 0 Å². The predicted molar refractivity (Wildman–Crippen MR) is 134 cm³/mol. The van der Waals surface area contributed by atoms with Crippen molar-refractivity contribution in [2.45, 2.75) is 90.6 Å². The van der Waals surface area contributed by atoms with E-state index in [-0.39, 0.29) is 17.9 Å². The van der Waals surface area contributed by atoms with Crippen molar-refractivity contribution in [2.24, 2.45) is 5.92 Å². The number of nitrogens with zero attached hydrogens (tertiary/aromatic N) is 4. The van der Waals surface area contributed by atoms with E-state index in [4.69, 9.17) is 0 Å². The van der Waals surface area contributed by atoms with Crippen LogP contribution >= 0.6 is 11.3 Å². The van der Waals surface area contributed by atoms with Crippen molar-refractivity contribution < 1.29 is 4.79 Å². The zero-order valence-electron chi connectivity index (χ0n) is 20.6. The second-order valence-electron chi connectivity index (χ2n) is 10.2. The van der Waals surface area contributed by atoms with E-state index >= 15 is 0 Å².